The van der Waals surface area contributed by atoms with Crippen LogP contribution in [0.4, 0.5) is 5.82 Å². The Morgan fingerprint density at radius 3 is 2.71 bits per heavy atom. The van der Waals surface area contributed by atoms with E-state index in [9.17, 15) is 4.79 Å². The highest BCUT2D eigenvalue weighted by Crippen LogP contribution is 2.29. The van der Waals surface area contributed by atoms with Gasteiger partial charge in [-0.15, -0.1) is 0 Å². The van der Waals surface area contributed by atoms with Gasteiger partial charge in [0.2, 0.25) is 0 Å². The maximum Gasteiger partial charge on any atom is 0.258 e. The molecular weight excluding hydrogens is 376 g/mol. The van der Waals surface area contributed by atoms with Crippen LogP contribution in [0.1, 0.15) is 12.8 Å². The Labute approximate surface area is 168 Å². The summed E-state index contributed by atoms with van der Waals surface area (Å²) in [5.41, 5.74) is 0.659. The molecule has 28 heavy (non-hydrogen) atoms. The number of benzene rings is 1. The SMILES string of the molecule is O=C(COc1ccc(Cl)c2cccnc12)NC1CCN(c2ccccn2)CC1. The Hall–Kier alpha value is -2.86. The van der Waals surface area contributed by atoms with E-state index in [4.69, 9.17) is 16.3 Å². The van der Waals surface area contributed by atoms with Crippen molar-refractivity contribution in [3.05, 3.63) is 59.9 Å². The molecule has 1 aromatic carbocycles. The van der Waals surface area contributed by atoms with Crippen molar-refractivity contribution in [1.29, 1.82) is 0 Å². The van der Waals surface area contributed by atoms with E-state index in [1.54, 1.807) is 24.5 Å². The molecule has 1 aliphatic rings. The fourth-order valence-electron chi connectivity index (χ4n) is 3.43. The van der Waals surface area contributed by atoms with E-state index in [0.717, 1.165) is 37.1 Å². The molecule has 6 nitrogen and oxygen atoms in total. The van der Waals surface area contributed by atoms with Crippen molar-refractivity contribution < 1.29 is 9.53 Å². The molecule has 4 rings (SSSR count). The molecule has 0 radical (unpaired) electrons. The quantitative estimate of drug-likeness (QED) is 0.715. The molecule has 0 saturated carbocycles. The molecule has 1 fully saturated rings. The monoisotopic (exact) mass is 396 g/mol. The summed E-state index contributed by atoms with van der Waals surface area (Å²) in [6.45, 7) is 1.69. The Kier molecular flexibility index (Phi) is 5.58. The van der Waals surface area contributed by atoms with E-state index >= 15 is 0 Å². The molecule has 0 aliphatic carbocycles. The molecule has 1 amide bonds. The highest BCUT2D eigenvalue weighted by molar-refractivity contribution is 6.35. The van der Waals surface area contributed by atoms with Crippen LogP contribution in [0.5, 0.6) is 5.75 Å². The average molecular weight is 397 g/mol. The second-order valence-electron chi connectivity index (χ2n) is 6.75. The number of carbonyl (C=O) groups excluding carboxylic acids is 1. The minimum atomic E-state index is -0.129. The summed E-state index contributed by atoms with van der Waals surface area (Å²) in [5.74, 6) is 1.41. The summed E-state index contributed by atoms with van der Waals surface area (Å²) in [4.78, 5) is 23.3. The van der Waals surface area contributed by atoms with Crippen molar-refractivity contribution in [1.82, 2.24) is 15.3 Å². The molecule has 1 N–H and O–H groups in total. The molecule has 1 saturated heterocycles. The number of rotatable bonds is 5. The van der Waals surface area contributed by atoms with Crippen LogP contribution in [-0.2, 0) is 4.79 Å². The number of piperidine rings is 1. The van der Waals surface area contributed by atoms with Gasteiger partial charge in [-0.2, -0.15) is 0 Å². The summed E-state index contributed by atoms with van der Waals surface area (Å²) < 4.78 is 5.71. The number of aromatic nitrogens is 2. The number of nitrogens with zero attached hydrogens (tertiary/aromatic N) is 3. The van der Waals surface area contributed by atoms with Crippen molar-refractivity contribution in [2.75, 3.05) is 24.6 Å². The Morgan fingerprint density at radius 2 is 1.93 bits per heavy atom. The zero-order chi connectivity index (χ0) is 19.3. The van der Waals surface area contributed by atoms with Crippen LogP contribution in [-0.4, -0.2) is 41.6 Å². The first-order valence-electron chi connectivity index (χ1n) is 9.32. The molecule has 144 valence electrons. The first kappa shape index (κ1) is 18.5. The molecule has 3 aromatic rings. The van der Waals surface area contributed by atoms with E-state index < -0.39 is 0 Å². The zero-order valence-corrected chi connectivity index (χ0v) is 16.1. The van der Waals surface area contributed by atoms with Gasteiger partial charge in [-0.3, -0.25) is 9.78 Å². The number of hydrogen-bond acceptors (Lipinski definition) is 5. The van der Waals surface area contributed by atoms with Gasteiger partial charge in [-0.25, -0.2) is 4.98 Å². The Balaban J connectivity index is 1.30. The average Bonchev–Trinajstić information content (AvgIpc) is 2.75. The van der Waals surface area contributed by atoms with Crippen LogP contribution >= 0.6 is 11.6 Å². The van der Waals surface area contributed by atoms with Gasteiger partial charge in [-0.1, -0.05) is 17.7 Å². The van der Waals surface area contributed by atoms with Gasteiger partial charge in [0.1, 0.15) is 17.1 Å². The third-order valence-electron chi connectivity index (χ3n) is 4.87. The lowest BCUT2D eigenvalue weighted by molar-refractivity contribution is -0.123. The predicted octanol–water partition coefficient (Wildman–Crippen LogP) is 3.45. The van der Waals surface area contributed by atoms with E-state index in [1.807, 2.05) is 30.3 Å². The van der Waals surface area contributed by atoms with Crippen molar-refractivity contribution >= 4 is 34.2 Å². The maximum atomic E-state index is 12.3. The third-order valence-corrected chi connectivity index (χ3v) is 5.20. The van der Waals surface area contributed by atoms with Gasteiger partial charge < -0.3 is 15.0 Å². The van der Waals surface area contributed by atoms with Crippen molar-refractivity contribution in [3.63, 3.8) is 0 Å². The number of carbonyl (C=O) groups is 1. The first-order valence-corrected chi connectivity index (χ1v) is 9.70. The molecular formula is C21H21ClN4O2. The standard InChI is InChI=1S/C21H21ClN4O2/c22-17-6-7-18(21-16(17)4-3-11-24-21)28-14-20(27)25-15-8-12-26(13-9-15)19-5-1-2-10-23-19/h1-7,10-11,15H,8-9,12-14H2,(H,25,27). The number of hydrogen-bond donors (Lipinski definition) is 1. The van der Waals surface area contributed by atoms with Gasteiger partial charge in [-0.05, 0) is 49.2 Å². The Bertz CT molecular complexity index is 959. The lowest BCUT2D eigenvalue weighted by atomic mass is 10.1. The van der Waals surface area contributed by atoms with Gasteiger partial charge in [0, 0.05) is 36.9 Å². The highest BCUT2D eigenvalue weighted by atomic mass is 35.5. The van der Waals surface area contributed by atoms with Crippen LogP contribution in [0.25, 0.3) is 10.9 Å². The smallest absolute Gasteiger partial charge is 0.258 e. The van der Waals surface area contributed by atoms with Crippen LogP contribution in [0, 0.1) is 0 Å². The summed E-state index contributed by atoms with van der Waals surface area (Å²) in [5, 5.41) is 4.48. The lowest BCUT2D eigenvalue weighted by Crippen LogP contribution is -2.46. The second kappa shape index (κ2) is 8.44. The highest BCUT2D eigenvalue weighted by Gasteiger charge is 2.21. The van der Waals surface area contributed by atoms with Crippen molar-refractivity contribution in [2.45, 2.75) is 18.9 Å². The lowest BCUT2D eigenvalue weighted by Gasteiger charge is -2.33. The third kappa shape index (κ3) is 4.17. The van der Waals surface area contributed by atoms with Crippen LogP contribution in [0.2, 0.25) is 5.02 Å². The summed E-state index contributed by atoms with van der Waals surface area (Å²) in [6, 6.07) is 13.3. The zero-order valence-electron chi connectivity index (χ0n) is 15.3. The molecule has 0 unspecified atom stereocenters. The number of halogens is 1. The molecule has 3 heterocycles. The van der Waals surface area contributed by atoms with Crippen molar-refractivity contribution in [3.8, 4) is 5.75 Å². The van der Waals surface area contributed by atoms with Crippen LogP contribution in [0.3, 0.4) is 0 Å². The minimum Gasteiger partial charge on any atom is -0.481 e. The van der Waals surface area contributed by atoms with Gasteiger partial charge >= 0.3 is 0 Å². The fraction of sp³-hybridized carbons (Fsp3) is 0.286. The number of anilines is 1. The molecule has 0 spiro atoms. The van der Waals surface area contributed by atoms with E-state index in [0.29, 0.717) is 16.3 Å². The van der Waals surface area contributed by atoms with Crippen LogP contribution < -0.4 is 15.0 Å². The molecule has 7 heteroatoms. The fourth-order valence-corrected chi connectivity index (χ4v) is 3.65. The van der Waals surface area contributed by atoms with Gasteiger partial charge in [0.15, 0.2) is 6.61 Å². The van der Waals surface area contributed by atoms with Crippen molar-refractivity contribution in [2.24, 2.45) is 0 Å². The molecule has 0 atom stereocenters. The van der Waals surface area contributed by atoms with Crippen LogP contribution in [0.15, 0.2) is 54.9 Å². The summed E-state index contributed by atoms with van der Waals surface area (Å²) in [7, 11) is 0. The van der Waals surface area contributed by atoms with E-state index in [-0.39, 0.29) is 18.6 Å². The summed E-state index contributed by atoms with van der Waals surface area (Å²) >= 11 is 6.19. The molecule has 0 bridgehead atoms. The molecule has 2 aromatic heterocycles. The normalized spacial score (nSPS) is 14.8. The number of fused-ring (bicyclic) bond motifs is 1. The number of ether oxygens (including phenoxy) is 1. The second-order valence-corrected chi connectivity index (χ2v) is 7.16. The number of pyridine rings is 2. The molecule has 1 aliphatic heterocycles. The van der Waals surface area contributed by atoms with Gasteiger partial charge in [0.25, 0.3) is 5.91 Å². The number of nitrogens with one attached hydrogen (secondary N) is 1. The Morgan fingerprint density at radius 1 is 1.11 bits per heavy atom. The first-order chi connectivity index (χ1) is 13.7. The minimum absolute atomic E-state index is 0.0479. The van der Waals surface area contributed by atoms with Gasteiger partial charge in [0.05, 0.1) is 5.02 Å². The predicted molar refractivity (Wildman–Crippen MR) is 110 cm³/mol. The van der Waals surface area contributed by atoms with E-state index in [2.05, 4.69) is 20.2 Å². The number of amides is 1. The largest absolute Gasteiger partial charge is 0.481 e. The van der Waals surface area contributed by atoms with E-state index in [1.165, 1.54) is 0 Å². The summed E-state index contributed by atoms with van der Waals surface area (Å²) in [6.07, 6.45) is 5.25. The topological polar surface area (TPSA) is 67.3 Å². The maximum absolute atomic E-state index is 12.3.